The smallest absolute Gasteiger partial charge is 0.306 e. The number of nitrogens with one attached hydrogen (secondary N) is 1. The third kappa shape index (κ3) is 5.33. The predicted molar refractivity (Wildman–Crippen MR) is 105 cm³/mol. The predicted octanol–water partition coefficient (Wildman–Crippen LogP) is 4.00. The number of aryl methyl sites for hydroxylation is 1. The van der Waals surface area contributed by atoms with E-state index in [0.29, 0.717) is 11.3 Å². The summed E-state index contributed by atoms with van der Waals surface area (Å²) < 4.78 is 5.24. The summed E-state index contributed by atoms with van der Waals surface area (Å²) in [6, 6.07) is 15.1. The first-order valence-corrected chi connectivity index (χ1v) is 8.98. The Morgan fingerprint density at radius 1 is 1.19 bits per heavy atom. The number of benzene rings is 2. The number of carboxylic acids is 1. The molecule has 0 radical (unpaired) electrons. The summed E-state index contributed by atoms with van der Waals surface area (Å²) in [5.74, 6) is -0.512. The van der Waals surface area contributed by atoms with Crippen molar-refractivity contribution in [2.24, 2.45) is 0 Å². The lowest BCUT2D eigenvalue weighted by molar-refractivity contribution is -0.139. The molecule has 2 unspecified atom stereocenters. The Labute approximate surface area is 160 Å². The third-order valence-electron chi connectivity index (χ3n) is 4.84. The number of ether oxygens (including phenoxy) is 1. The number of rotatable bonds is 8. The first kappa shape index (κ1) is 20.5. The van der Waals surface area contributed by atoms with Crippen LogP contribution < -0.4 is 10.1 Å². The number of carbonyl (C=O) groups excluding carboxylic acids is 1. The molecule has 2 aromatic rings. The fraction of sp³-hybridized carbons (Fsp3) is 0.364. The molecule has 144 valence electrons. The van der Waals surface area contributed by atoms with Gasteiger partial charge in [-0.3, -0.25) is 9.59 Å². The van der Waals surface area contributed by atoms with Crippen molar-refractivity contribution < 1.29 is 19.4 Å². The van der Waals surface area contributed by atoms with Crippen LogP contribution >= 0.6 is 0 Å². The summed E-state index contributed by atoms with van der Waals surface area (Å²) in [6.45, 7) is 5.75. The topological polar surface area (TPSA) is 75.6 Å². The molecule has 0 aliphatic rings. The van der Waals surface area contributed by atoms with Crippen molar-refractivity contribution in [2.75, 3.05) is 7.11 Å². The van der Waals surface area contributed by atoms with Crippen molar-refractivity contribution in [3.63, 3.8) is 0 Å². The van der Waals surface area contributed by atoms with Gasteiger partial charge in [-0.25, -0.2) is 0 Å². The number of aliphatic carboxylic acids is 1. The zero-order valence-corrected chi connectivity index (χ0v) is 16.3. The summed E-state index contributed by atoms with van der Waals surface area (Å²) >= 11 is 0. The molecule has 2 rings (SSSR count). The second kappa shape index (κ2) is 8.71. The molecule has 2 N–H and O–H groups in total. The molecule has 0 bridgehead atoms. The Hall–Kier alpha value is -2.82. The lowest BCUT2D eigenvalue weighted by atomic mass is 9.87. The van der Waals surface area contributed by atoms with Crippen molar-refractivity contribution in [3.05, 3.63) is 65.2 Å². The maximum Gasteiger partial charge on any atom is 0.306 e. The van der Waals surface area contributed by atoms with E-state index in [4.69, 9.17) is 4.74 Å². The second-order valence-electron chi connectivity index (χ2n) is 7.14. The maximum atomic E-state index is 12.7. The molecule has 27 heavy (non-hydrogen) atoms. The number of methoxy groups -OCH3 is 1. The Morgan fingerprint density at radius 2 is 1.89 bits per heavy atom. The molecular formula is C22H27NO4. The van der Waals surface area contributed by atoms with Gasteiger partial charge in [0.15, 0.2) is 0 Å². The fourth-order valence-electron chi connectivity index (χ4n) is 3.37. The first-order valence-electron chi connectivity index (χ1n) is 8.98. The SMILES string of the molecule is COc1cccc(C(C)(CC(=O)O)NC(=O)CC(C)c2ccccc2C)c1. The standard InChI is InChI=1S/C22H27NO4/c1-15-8-5-6-11-19(15)16(2)12-20(24)23-22(3,14-21(25)26)17-9-7-10-18(13-17)27-4/h5-11,13,16H,12,14H2,1-4H3,(H,23,24)(H,25,26). The minimum Gasteiger partial charge on any atom is -0.497 e. The van der Waals surface area contributed by atoms with Crippen LogP contribution in [0.3, 0.4) is 0 Å². The normalized spacial score (nSPS) is 14.1. The van der Waals surface area contributed by atoms with Gasteiger partial charge in [0.1, 0.15) is 5.75 Å². The zero-order valence-electron chi connectivity index (χ0n) is 16.3. The van der Waals surface area contributed by atoms with Crippen molar-refractivity contribution in [3.8, 4) is 5.75 Å². The van der Waals surface area contributed by atoms with Gasteiger partial charge >= 0.3 is 5.97 Å². The van der Waals surface area contributed by atoms with Crippen LogP contribution in [-0.2, 0) is 15.1 Å². The fourth-order valence-corrected chi connectivity index (χ4v) is 3.37. The van der Waals surface area contributed by atoms with Gasteiger partial charge in [-0.15, -0.1) is 0 Å². The Morgan fingerprint density at radius 3 is 2.52 bits per heavy atom. The monoisotopic (exact) mass is 369 g/mol. The van der Waals surface area contributed by atoms with E-state index in [1.807, 2.05) is 38.1 Å². The number of amides is 1. The molecule has 0 saturated heterocycles. The van der Waals surface area contributed by atoms with Crippen molar-refractivity contribution in [1.82, 2.24) is 5.32 Å². The lowest BCUT2D eigenvalue weighted by Crippen LogP contribution is -2.45. The molecule has 5 heteroatoms. The molecular weight excluding hydrogens is 342 g/mol. The molecule has 0 fully saturated rings. The average molecular weight is 369 g/mol. The Bertz CT molecular complexity index is 817. The molecule has 0 aliphatic heterocycles. The van der Waals surface area contributed by atoms with Crippen LogP contribution in [0.2, 0.25) is 0 Å². The largest absolute Gasteiger partial charge is 0.497 e. The second-order valence-corrected chi connectivity index (χ2v) is 7.14. The molecule has 5 nitrogen and oxygen atoms in total. The average Bonchev–Trinajstić information content (AvgIpc) is 2.61. The summed E-state index contributed by atoms with van der Waals surface area (Å²) in [7, 11) is 1.55. The Kier molecular flexibility index (Phi) is 6.61. The van der Waals surface area contributed by atoms with Crippen molar-refractivity contribution in [1.29, 1.82) is 0 Å². The van der Waals surface area contributed by atoms with Crippen LogP contribution in [0.25, 0.3) is 0 Å². The van der Waals surface area contributed by atoms with Gasteiger partial charge < -0.3 is 15.2 Å². The number of carboxylic acid groups (broad SMARTS) is 1. The quantitative estimate of drug-likeness (QED) is 0.737. The summed E-state index contributed by atoms with van der Waals surface area (Å²) in [5, 5.41) is 12.3. The minimum absolute atomic E-state index is 0.0330. The van der Waals surface area contributed by atoms with Crippen LogP contribution in [0.1, 0.15) is 49.3 Å². The van der Waals surface area contributed by atoms with E-state index in [1.54, 1.807) is 38.3 Å². The number of hydrogen-bond acceptors (Lipinski definition) is 3. The van der Waals surface area contributed by atoms with Crippen LogP contribution in [0.15, 0.2) is 48.5 Å². The Balaban J connectivity index is 2.21. The van der Waals surface area contributed by atoms with E-state index in [-0.39, 0.29) is 24.7 Å². The highest BCUT2D eigenvalue weighted by Gasteiger charge is 2.32. The van der Waals surface area contributed by atoms with Crippen LogP contribution in [0.5, 0.6) is 5.75 Å². The molecule has 0 heterocycles. The van der Waals surface area contributed by atoms with Gasteiger partial charge in [-0.05, 0) is 48.6 Å². The van der Waals surface area contributed by atoms with E-state index in [0.717, 1.165) is 11.1 Å². The van der Waals surface area contributed by atoms with Gasteiger partial charge in [0.2, 0.25) is 5.91 Å². The first-order chi connectivity index (χ1) is 12.7. The van der Waals surface area contributed by atoms with Gasteiger partial charge in [0.25, 0.3) is 0 Å². The van der Waals surface area contributed by atoms with E-state index in [9.17, 15) is 14.7 Å². The summed E-state index contributed by atoms with van der Waals surface area (Å²) in [6.07, 6.45) is 0.0642. The van der Waals surface area contributed by atoms with Gasteiger partial charge in [0.05, 0.1) is 19.1 Å². The highest BCUT2D eigenvalue weighted by molar-refractivity contribution is 5.79. The summed E-state index contributed by atoms with van der Waals surface area (Å²) in [5.41, 5.74) is 1.93. The zero-order chi connectivity index (χ0) is 20.0. The lowest BCUT2D eigenvalue weighted by Gasteiger charge is -2.31. The molecule has 2 aromatic carbocycles. The van der Waals surface area contributed by atoms with Gasteiger partial charge in [0, 0.05) is 6.42 Å². The van der Waals surface area contributed by atoms with Crippen molar-refractivity contribution in [2.45, 2.75) is 45.1 Å². The molecule has 1 amide bonds. The molecule has 0 aromatic heterocycles. The highest BCUT2D eigenvalue weighted by Crippen LogP contribution is 2.29. The van der Waals surface area contributed by atoms with Crippen LogP contribution in [-0.4, -0.2) is 24.1 Å². The molecule has 2 atom stereocenters. The van der Waals surface area contributed by atoms with Gasteiger partial charge in [-0.2, -0.15) is 0 Å². The van der Waals surface area contributed by atoms with E-state index in [1.165, 1.54) is 0 Å². The van der Waals surface area contributed by atoms with E-state index < -0.39 is 11.5 Å². The maximum absolute atomic E-state index is 12.7. The van der Waals surface area contributed by atoms with Crippen LogP contribution in [0, 0.1) is 6.92 Å². The van der Waals surface area contributed by atoms with Crippen molar-refractivity contribution >= 4 is 11.9 Å². The van der Waals surface area contributed by atoms with Gasteiger partial charge in [-0.1, -0.05) is 43.3 Å². The minimum atomic E-state index is -1.02. The number of hydrogen-bond donors (Lipinski definition) is 2. The van der Waals surface area contributed by atoms with E-state index in [2.05, 4.69) is 5.32 Å². The van der Waals surface area contributed by atoms with Crippen LogP contribution in [0.4, 0.5) is 0 Å². The van der Waals surface area contributed by atoms with E-state index >= 15 is 0 Å². The number of carbonyl (C=O) groups is 2. The molecule has 0 spiro atoms. The summed E-state index contributed by atoms with van der Waals surface area (Å²) in [4.78, 5) is 24.2. The highest BCUT2D eigenvalue weighted by atomic mass is 16.5. The molecule has 0 aliphatic carbocycles. The third-order valence-corrected chi connectivity index (χ3v) is 4.84. The molecule has 0 saturated carbocycles.